The van der Waals surface area contributed by atoms with Gasteiger partial charge in [0, 0.05) is 33.7 Å². The second kappa shape index (κ2) is 11.1. The molecule has 0 bridgehead atoms. The van der Waals surface area contributed by atoms with Crippen molar-refractivity contribution in [2.75, 3.05) is 18.9 Å². The maximum Gasteiger partial charge on any atom is 0.251 e. The Labute approximate surface area is 197 Å². The number of aromatic nitrogens is 1. The summed E-state index contributed by atoms with van der Waals surface area (Å²) in [5.74, 6) is 1.13. The van der Waals surface area contributed by atoms with Crippen LogP contribution in [0.3, 0.4) is 0 Å². The number of carbonyl (C=O) groups excluding carboxylic acids is 1. The minimum atomic E-state index is -0.257. The summed E-state index contributed by atoms with van der Waals surface area (Å²) in [7, 11) is 0. The molecule has 4 rings (SSSR count). The van der Waals surface area contributed by atoms with Crippen LogP contribution in [0.25, 0.3) is 22.2 Å². The highest BCUT2D eigenvalue weighted by molar-refractivity contribution is 7.99. The number of hydrogen-bond acceptors (Lipinski definition) is 3. The minimum Gasteiger partial charge on any atom is -0.494 e. The molecule has 33 heavy (non-hydrogen) atoms. The molecule has 0 aliphatic heterocycles. The molecule has 1 amide bonds. The fourth-order valence-corrected chi connectivity index (χ4v) is 4.60. The van der Waals surface area contributed by atoms with Gasteiger partial charge in [0.15, 0.2) is 0 Å². The first-order valence-corrected chi connectivity index (χ1v) is 12.1. The summed E-state index contributed by atoms with van der Waals surface area (Å²) in [6.45, 7) is 3.34. The van der Waals surface area contributed by atoms with Gasteiger partial charge < -0.3 is 15.0 Å². The minimum absolute atomic E-state index is 0.103. The zero-order valence-electron chi connectivity index (χ0n) is 18.6. The van der Waals surface area contributed by atoms with Gasteiger partial charge in [0.2, 0.25) is 0 Å². The van der Waals surface area contributed by atoms with Crippen LogP contribution in [-0.4, -0.2) is 29.8 Å². The molecule has 170 valence electrons. The van der Waals surface area contributed by atoms with Crippen molar-refractivity contribution in [1.82, 2.24) is 10.3 Å². The fourth-order valence-electron chi connectivity index (χ4n) is 3.54. The number of halogens is 1. The lowest BCUT2D eigenvalue weighted by molar-refractivity contribution is 0.0956. The van der Waals surface area contributed by atoms with Crippen LogP contribution in [0, 0.1) is 5.82 Å². The van der Waals surface area contributed by atoms with Crippen LogP contribution in [0.1, 0.15) is 30.1 Å². The number of nitrogens with one attached hydrogen (secondary N) is 2. The van der Waals surface area contributed by atoms with Crippen LogP contribution < -0.4 is 10.1 Å². The van der Waals surface area contributed by atoms with Crippen molar-refractivity contribution < 1.29 is 13.9 Å². The first-order valence-electron chi connectivity index (χ1n) is 11.2. The van der Waals surface area contributed by atoms with Crippen molar-refractivity contribution in [2.24, 2.45) is 0 Å². The van der Waals surface area contributed by atoms with Crippen LogP contribution in [0.5, 0.6) is 5.75 Å². The number of para-hydroxylation sites is 1. The third-order valence-corrected chi connectivity index (χ3v) is 6.43. The van der Waals surface area contributed by atoms with Crippen molar-refractivity contribution in [2.45, 2.75) is 24.7 Å². The zero-order valence-corrected chi connectivity index (χ0v) is 19.4. The summed E-state index contributed by atoms with van der Waals surface area (Å²) >= 11 is 1.67. The van der Waals surface area contributed by atoms with Gasteiger partial charge in [-0.3, -0.25) is 4.79 Å². The van der Waals surface area contributed by atoms with Crippen LogP contribution in [0.2, 0.25) is 0 Å². The molecule has 0 saturated heterocycles. The summed E-state index contributed by atoms with van der Waals surface area (Å²) in [5.41, 5.74) is 3.54. The number of amides is 1. The van der Waals surface area contributed by atoms with Gasteiger partial charge in [-0.1, -0.05) is 31.5 Å². The number of rotatable bonds is 10. The second-order valence-corrected chi connectivity index (χ2v) is 8.82. The van der Waals surface area contributed by atoms with Crippen LogP contribution in [-0.2, 0) is 0 Å². The van der Waals surface area contributed by atoms with Crippen LogP contribution >= 0.6 is 11.8 Å². The molecule has 3 aromatic carbocycles. The standard InChI is InChI=1S/C27H27FN2O2S/c1-2-3-17-32-22-14-10-20(11-15-22)27(31)29-16-18-33-26-23-6-4-5-7-24(23)30-25(26)19-8-12-21(28)13-9-19/h4-15,30H,2-3,16-18H2,1H3,(H,29,31). The Bertz CT molecular complexity index is 1200. The lowest BCUT2D eigenvalue weighted by Crippen LogP contribution is -2.25. The van der Waals surface area contributed by atoms with Crippen LogP contribution in [0.15, 0.2) is 77.7 Å². The van der Waals surface area contributed by atoms with Crippen molar-refractivity contribution in [1.29, 1.82) is 0 Å². The normalized spacial score (nSPS) is 11.0. The summed E-state index contributed by atoms with van der Waals surface area (Å²) in [4.78, 5) is 17.1. The number of carbonyl (C=O) groups is 1. The van der Waals surface area contributed by atoms with Gasteiger partial charge in [-0.2, -0.15) is 0 Å². The van der Waals surface area contributed by atoms with Gasteiger partial charge in [0.1, 0.15) is 11.6 Å². The van der Waals surface area contributed by atoms with Gasteiger partial charge in [-0.05, 0) is 66.6 Å². The predicted molar refractivity (Wildman–Crippen MR) is 134 cm³/mol. The molecule has 0 atom stereocenters. The van der Waals surface area contributed by atoms with Crippen molar-refractivity contribution >= 4 is 28.6 Å². The Balaban J connectivity index is 1.37. The molecule has 0 aliphatic carbocycles. The van der Waals surface area contributed by atoms with Gasteiger partial charge in [0.05, 0.1) is 12.3 Å². The van der Waals surface area contributed by atoms with E-state index in [1.54, 1.807) is 36.0 Å². The molecule has 6 heteroatoms. The Morgan fingerprint density at radius 3 is 2.55 bits per heavy atom. The molecule has 0 aliphatic rings. The lowest BCUT2D eigenvalue weighted by atomic mass is 10.1. The number of H-pyrrole nitrogens is 1. The van der Waals surface area contributed by atoms with Crippen LogP contribution in [0.4, 0.5) is 4.39 Å². The molecule has 4 nitrogen and oxygen atoms in total. The number of ether oxygens (including phenoxy) is 1. The average Bonchev–Trinajstić information content (AvgIpc) is 3.21. The molecule has 2 N–H and O–H groups in total. The number of unbranched alkanes of at least 4 members (excludes halogenated alkanes) is 1. The van der Waals surface area contributed by atoms with Crippen molar-refractivity contribution in [3.63, 3.8) is 0 Å². The Morgan fingerprint density at radius 1 is 1.03 bits per heavy atom. The van der Waals surface area contributed by atoms with E-state index in [0.29, 0.717) is 24.5 Å². The number of hydrogen-bond donors (Lipinski definition) is 2. The predicted octanol–water partition coefficient (Wildman–Crippen LogP) is 6.68. The second-order valence-electron chi connectivity index (χ2n) is 7.71. The van der Waals surface area contributed by atoms with E-state index in [2.05, 4.69) is 23.3 Å². The molecule has 1 aromatic heterocycles. The van der Waals surface area contributed by atoms with E-state index in [4.69, 9.17) is 4.74 Å². The summed E-state index contributed by atoms with van der Waals surface area (Å²) in [5, 5.41) is 4.10. The third-order valence-electron chi connectivity index (χ3n) is 5.31. The summed E-state index contributed by atoms with van der Waals surface area (Å²) < 4.78 is 19.1. The summed E-state index contributed by atoms with van der Waals surface area (Å²) in [6, 6.07) is 21.8. The van der Waals surface area contributed by atoms with Gasteiger partial charge in [0.25, 0.3) is 5.91 Å². The Kier molecular flexibility index (Phi) is 7.68. The maximum atomic E-state index is 13.4. The smallest absolute Gasteiger partial charge is 0.251 e. The van der Waals surface area contributed by atoms with E-state index in [-0.39, 0.29) is 11.7 Å². The van der Waals surface area contributed by atoms with E-state index >= 15 is 0 Å². The lowest BCUT2D eigenvalue weighted by Gasteiger charge is -2.08. The number of fused-ring (bicyclic) bond motifs is 1. The average molecular weight is 463 g/mol. The van der Waals surface area contributed by atoms with Crippen molar-refractivity contribution in [3.8, 4) is 17.0 Å². The van der Waals surface area contributed by atoms with E-state index in [1.807, 2.05) is 30.3 Å². The molecule has 1 heterocycles. The molecule has 0 spiro atoms. The Hall–Kier alpha value is -3.25. The number of benzene rings is 3. The molecular weight excluding hydrogens is 435 g/mol. The number of aromatic amines is 1. The first kappa shape index (κ1) is 22.9. The Morgan fingerprint density at radius 2 is 1.79 bits per heavy atom. The zero-order chi connectivity index (χ0) is 23.0. The highest BCUT2D eigenvalue weighted by Gasteiger charge is 2.14. The molecular formula is C27H27FN2O2S. The molecule has 0 unspecified atom stereocenters. The topological polar surface area (TPSA) is 54.1 Å². The molecule has 4 aromatic rings. The number of thioether (sulfide) groups is 1. The van der Waals surface area contributed by atoms with E-state index < -0.39 is 0 Å². The van der Waals surface area contributed by atoms with Crippen molar-refractivity contribution in [3.05, 3.63) is 84.2 Å². The molecule has 0 saturated carbocycles. The first-order chi connectivity index (χ1) is 16.2. The fraction of sp³-hybridized carbons (Fsp3) is 0.222. The maximum absolute atomic E-state index is 13.4. The largest absolute Gasteiger partial charge is 0.494 e. The highest BCUT2D eigenvalue weighted by Crippen LogP contribution is 2.37. The van der Waals surface area contributed by atoms with Gasteiger partial charge in [-0.25, -0.2) is 4.39 Å². The monoisotopic (exact) mass is 462 g/mol. The quantitative estimate of drug-likeness (QED) is 0.204. The molecule has 0 radical (unpaired) electrons. The van der Waals surface area contributed by atoms with E-state index in [1.165, 1.54) is 12.1 Å². The van der Waals surface area contributed by atoms with E-state index in [0.717, 1.165) is 45.6 Å². The molecule has 0 fully saturated rings. The van der Waals surface area contributed by atoms with Gasteiger partial charge in [-0.15, -0.1) is 11.8 Å². The summed E-state index contributed by atoms with van der Waals surface area (Å²) in [6.07, 6.45) is 2.10. The third kappa shape index (κ3) is 5.76. The van der Waals surface area contributed by atoms with Gasteiger partial charge >= 0.3 is 0 Å². The SMILES string of the molecule is CCCCOc1ccc(C(=O)NCCSc2c(-c3ccc(F)cc3)[nH]c3ccccc23)cc1. The highest BCUT2D eigenvalue weighted by atomic mass is 32.2. The van der Waals surface area contributed by atoms with E-state index in [9.17, 15) is 9.18 Å².